The van der Waals surface area contributed by atoms with Gasteiger partial charge in [0.05, 0.1) is 6.42 Å². The SMILES string of the molecule is CN1CC(C)(C(O)(c2ccc(CC(F)(F)F)cc2)c2cncc(C(N)=NO)c2)C1. The highest BCUT2D eigenvalue weighted by Crippen LogP contribution is 2.50. The summed E-state index contributed by atoms with van der Waals surface area (Å²) in [6.07, 6.45) is -2.45. The van der Waals surface area contributed by atoms with Crippen LogP contribution in [0.4, 0.5) is 13.2 Å². The quantitative estimate of drug-likeness (QED) is 0.306. The van der Waals surface area contributed by atoms with Crippen LogP contribution < -0.4 is 5.73 Å². The van der Waals surface area contributed by atoms with E-state index in [1.165, 1.54) is 36.7 Å². The Morgan fingerprint density at radius 2 is 1.83 bits per heavy atom. The summed E-state index contributed by atoms with van der Waals surface area (Å²) < 4.78 is 38.1. The lowest BCUT2D eigenvalue weighted by Crippen LogP contribution is -2.63. The minimum absolute atomic E-state index is 0.114. The first-order chi connectivity index (χ1) is 13.5. The normalized spacial score (nSPS) is 19.4. The number of oxime groups is 1. The maximum Gasteiger partial charge on any atom is 0.393 e. The number of nitrogens with zero attached hydrogens (tertiary/aromatic N) is 3. The Hall–Kier alpha value is -2.65. The molecule has 0 radical (unpaired) electrons. The lowest BCUT2D eigenvalue weighted by atomic mass is 9.62. The van der Waals surface area contributed by atoms with Crippen molar-refractivity contribution in [1.29, 1.82) is 0 Å². The van der Waals surface area contributed by atoms with Crippen LogP contribution in [0.1, 0.15) is 29.2 Å². The van der Waals surface area contributed by atoms with Crippen molar-refractivity contribution in [2.45, 2.75) is 25.1 Å². The van der Waals surface area contributed by atoms with Gasteiger partial charge in [0.1, 0.15) is 5.60 Å². The van der Waals surface area contributed by atoms with Gasteiger partial charge in [0.2, 0.25) is 0 Å². The van der Waals surface area contributed by atoms with Crippen LogP contribution in [0.3, 0.4) is 0 Å². The Kier molecular flexibility index (Phi) is 5.31. The molecule has 1 saturated heterocycles. The smallest absolute Gasteiger partial charge is 0.393 e. The van der Waals surface area contributed by atoms with Gasteiger partial charge in [-0.2, -0.15) is 13.2 Å². The van der Waals surface area contributed by atoms with Crippen molar-refractivity contribution in [3.63, 3.8) is 0 Å². The molecule has 4 N–H and O–H groups in total. The molecular formula is C20H23F3N4O2. The third-order valence-electron chi connectivity index (χ3n) is 5.45. The van der Waals surface area contributed by atoms with E-state index in [0.29, 0.717) is 29.8 Å². The minimum atomic E-state index is -4.31. The zero-order valence-electron chi connectivity index (χ0n) is 16.1. The summed E-state index contributed by atoms with van der Waals surface area (Å²) in [4.78, 5) is 6.14. The number of benzene rings is 1. The van der Waals surface area contributed by atoms with Gasteiger partial charge in [0.25, 0.3) is 0 Å². The first kappa shape index (κ1) is 21.1. The number of alkyl halides is 3. The van der Waals surface area contributed by atoms with Crippen LogP contribution in [0, 0.1) is 5.41 Å². The van der Waals surface area contributed by atoms with Crippen LogP contribution in [0.25, 0.3) is 0 Å². The number of pyridine rings is 1. The molecule has 9 heteroatoms. The molecule has 1 aromatic carbocycles. The van der Waals surface area contributed by atoms with Gasteiger partial charge < -0.3 is 20.9 Å². The molecule has 2 aromatic rings. The van der Waals surface area contributed by atoms with Gasteiger partial charge in [-0.3, -0.25) is 4.98 Å². The number of aliphatic hydroxyl groups is 1. The highest BCUT2D eigenvalue weighted by molar-refractivity contribution is 5.96. The van der Waals surface area contributed by atoms with Gasteiger partial charge in [-0.25, -0.2) is 0 Å². The average Bonchev–Trinajstić information content (AvgIpc) is 2.65. The molecular weight excluding hydrogens is 385 g/mol. The summed E-state index contributed by atoms with van der Waals surface area (Å²) in [5, 5.41) is 23.8. The van der Waals surface area contributed by atoms with E-state index in [1.807, 2.05) is 18.9 Å². The van der Waals surface area contributed by atoms with Gasteiger partial charge >= 0.3 is 6.18 Å². The zero-order valence-corrected chi connectivity index (χ0v) is 16.1. The number of aromatic nitrogens is 1. The van der Waals surface area contributed by atoms with Crippen molar-refractivity contribution in [2.75, 3.05) is 20.1 Å². The predicted octanol–water partition coefficient (Wildman–Crippen LogP) is 2.47. The van der Waals surface area contributed by atoms with Crippen molar-refractivity contribution >= 4 is 5.84 Å². The Bertz CT molecular complexity index is 909. The topological polar surface area (TPSA) is 95.0 Å². The fraction of sp³-hybridized carbons (Fsp3) is 0.400. The summed E-state index contributed by atoms with van der Waals surface area (Å²) in [5.41, 5.74) is 4.83. The number of halogens is 3. The highest BCUT2D eigenvalue weighted by atomic mass is 19.4. The van der Waals surface area contributed by atoms with Crippen LogP contribution in [0.15, 0.2) is 47.9 Å². The van der Waals surface area contributed by atoms with Crippen LogP contribution in [-0.2, 0) is 12.0 Å². The summed E-state index contributed by atoms with van der Waals surface area (Å²) in [6.45, 7) is 3.05. The lowest BCUT2D eigenvalue weighted by molar-refractivity contribution is -0.128. The van der Waals surface area contributed by atoms with Crippen molar-refractivity contribution in [2.24, 2.45) is 16.3 Å². The number of hydrogen-bond acceptors (Lipinski definition) is 5. The summed E-state index contributed by atoms with van der Waals surface area (Å²) in [6, 6.07) is 7.36. The molecule has 156 valence electrons. The van der Waals surface area contributed by atoms with E-state index in [1.54, 1.807) is 6.07 Å². The van der Waals surface area contributed by atoms with Crippen LogP contribution >= 0.6 is 0 Å². The molecule has 3 rings (SSSR count). The van der Waals surface area contributed by atoms with Crippen molar-refractivity contribution in [3.8, 4) is 0 Å². The third kappa shape index (κ3) is 3.92. The molecule has 0 saturated carbocycles. The maximum absolute atomic E-state index is 12.7. The number of nitrogens with two attached hydrogens (primary N) is 1. The summed E-state index contributed by atoms with van der Waals surface area (Å²) in [7, 11) is 1.92. The van der Waals surface area contributed by atoms with E-state index in [9.17, 15) is 18.3 Å². The lowest BCUT2D eigenvalue weighted by Gasteiger charge is -2.55. The second kappa shape index (κ2) is 7.31. The summed E-state index contributed by atoms with van der Waals surface area (Å²) in [5.74, 6) is -0.155. The first-order valence-corrected chi connectivity index (χ1v) is 8.99. The van der Waals surface area contributed by atoms with Crippen molar-refractivity contribution in [1.82, 2.24) is 9.88 Å². The Morgan fingerprint density at radius 1 is 1.21 bits per heavy atom. The fourth-order valence-electron chi connectivity index (χ4n) is 4.17. The van der Waals surface area contributed by atoms with Gasteiger partial charge in [0.15, 0.2) is 5.84 Å². The van der Waals surface area contributed by atoms with E-state index < -0.39 is 23.6 Å². The number of likely N-dealkylation sites (tertiary alicyclic amines) is 1. The number of rotatable bonds is 5. The molecule has 0 spiro atoms. The van der Waals surface area contributed by atoms with Crippen LogP contribution in [0.2, 0.25) is 0 Å². The molecule has 29 heavy (non-hydrogen) atoms. The molecule has 0 aliphatic carbocycles. The second-order valence-corrected chi connectivity index (χ2v) is 7.88. The molecule has 0 bridgehead atoms. The highest BCUT2D eigenvalue weighted by Gasteiger charge is 2.55. The Balaban J connectivity index is 2.09. The average molecular weight is 408 g/mol. The molecule has 1 fully saturated rings. The van der Waals surface area contributed by atoms with E-state index in [4.69, 9.17) is 10.9 Å². The molecule has 1 aliphatic heterocycles. The first-order valence-electron chi connectivity index (χ1n) is 8.99. The van der Waals surface area contributed by atoms with E-state index >= 15 is 0 Å². The molecule has 1 atom stereocenters. The van der Waals surface area contributed by atoms with Crippen molar-refractivity contribution < 1.29 is 23.5 Å². The molecule has 2 heterocycles. The Labute approximate surface area is 166 Å². The molecule has 1 aliphatic rings. The zero-order chi connectivity index (χ0) is 21.4. The van der Waals surface area contributed by atoms with Crippen LogP contribution in [-0.4, -0.2) is 52.3 Å². The third-order valence-corrected chi connectivity index (χ3v) is 5.45. The fourth-order valence-corrected chi connectivity index (χ4v) is 4.17. The predicted molar refractivity (Wildman–Crippen MR) is 102 cm³/mol. The number of amidine groups is 1. The molecule has 1 unspecified atom stereocenters. The van der Waals surface area contributed by atoms with Gasteiger partial charge in [-0.05, 0) is 24.2 Å². The monoisotopic (exact) mass is 408 g/mol. The van der Waals surface area contributed by atoms with Gasteiger partial charge in [-0.15, -0.1) is 0 Å². The van der Waals surface area contributed by atoms with E-state index in [2.05, 4.69) is 10.1 Å². The van der Waals surface area contributed by atoms with Gasteiger partial charge in [-0.1, -0.05) is 36.3 Å². The standard InChI is InChI=1S/C20H23F3N4O2/c1-18(11-27(2)12-18)20(28,16-7-14(9-25-10-16)17(24)26-29)15-5-3-13(4-6-15)8-19(21,22)23/h3-7,9-10,28-29H,8,11-12H2,1-2H3,(H2,24,26). The molecule has 0 amide bonds. The number of hydrogen-bond donors (Lipinski definition) is 3. The maximum atomic E-state index is 12.7. The minimum Gasteiger partial charge on any atom is -0.409 e. The molecule has 1 aromatic heterocycles. The van der Waals surface area contributed by atoms with Crippen molar-refractivity contribution in [3.05, 3.63) is 65.0 Å². The van der Waals surface area contributed by atoms with Crippen LogP contribution in [0.5, 0.6) is 0 Å². The Morgan fingerprint density at radius 3 is 2.34 bits per heavy atom. The second-order valence-electron chi connectivity index (χ2n) is 7.88. The van der Waals surface area contributed by atoms with E-state index in [-0.39, 0.29) is 11.4 Å². The van der Waals surface area contributed by atoms with Gasteiger partial charge in [0, 0.05) is 42.0 Å². The van der Waals surface area contributed by atoms with E-state index in [0.717, 1.165) is 0 Å². The molecule has 6 nitrogen and oxygen atoms in total. The largest absolute Gasteiger partial charge is 0.409 e. The summed E-state index contributed by atoms with van der Waals surface area (Å²) >= 11 is 0.